The molecule has 0 radical (unpaired) electrons. The minimum Gasteiger partial charge on any atom is -0.338 e. The van der Waals surface area contributed by atoms with Gasteiger partial charge in [-0.3, -0.25) is 4.79 Å². The zero-order valence-electron chi connectivity index (χ0n) is 10.2. The monoisotopic (exact) mass is 248 g/mol. The first-order valence-corrected chi connectivity index (χ1v) is 6.52. The van der Waals surface area contributed by atoms with Gasteiger partial charge < -0.3 is 10.2 Å². The Morgan fingerprint density at radius 1 is 1.39 bits per heavy atom. The minimum atomic E-state index is -0.349. The summed E-state index contributed by atoms with van der Waals surface area (Å²) in [5, 5.41) is 3.47. The average Bonchev–Trinajstić information content (AvgIpc) is 2.85. The molecule has 2 saturated heterocycles. The Labute approximate surface area is 106 Å². The molecule has 2 unspecified atom stereocenters. The number of amides is 1. The van der Waals surface area contributed by atoms with Gasteiger partial charge >= 0.3 is 0 Å². The van der Waals surface area contributed by atoms with E-state index in [0.29, 0.717) is 17.5 Å². The number of piperidine rings is 1. The van der Waals surface area contributed by atoms with Gasteiger partial charge in [0.05, 0.1) is 0 Å². The number of carbonyl (C=O) groups excluding carboxylic acids is 1. The number of nitrogens with one attached hydrogen (secondary N) is 1. The zero-order valence-corrected chi connectivity index (χ0v) is 10.2. The molecule has 2 fully saturated rings. The molecule has 0 aromatic heterocycles. The highest BCUT2D eigenvalue weighted by Gasteiger charge is 2.34. The number of likely N-dealkylation sites (tertiary alicyclic amines) is 1. The van der Waals surface area contributed by atoms with Gasteiger partial charge in [-0.1, -0.05) is 6.07 Å². The lowest BCUT2D eigenvalue weighted by atomic mass is 9.93. The number of nitrogens with zero attached hydrogens (tertiary/aromatic N) is 1. The first-order valence-electron chi connectivity index (χ1n) is 6.52. The van der Waals surface area contributed by atoms with Crippen LogP contribution < -0.4 is 5.32 Å². The standard InChI is InChI=1S/C14H17FN2O/c15-12-3-1-2-10(8-12)14(18)17-7-5-13-11(9-17)4-6-16-13/h1-3,8,11,13,16H,4-7,9H2. The molecule has 2 heterocycles. The second-order valence-electron chi connectivity index (χ2n) is 5.16. The van der Waals surface area contributed by atoms with E-state index in [-0.39, 0.29) is 11.7 Å². The molecule has 0 spiro atoms. The van der Waals surface area contributed by atoms with Crippen molar-refractivity contribution in [1.29, 1.82) is 0 Å². The fourth-order valence-corrected chi connectivity index (χ4v) is 3.04. The molecule has 1 amide bonds. The third kappa shape index (κ3) is 2.12. The van der Waals surface area contributed by atoms with Crippen LogP contribution >= 0.6 is 0 Å². The first-order chi connectivity index (χ1) is 8.74. The Bertz CT molecular complexity index is 463. The number of carbonyl (C=O) groups is 1. The number of fused-ring (bicyclic) bond motifs is 1. The summed E-state index contributed by atoms with van der Waals surface area (Å²) in [6.45, 7) is 2.62. The van der Waals surface area contributed by atoms with Gasteiger partial charge in [0.2, 0.25) is 0 Å². The van der Waals surface area contributed by atoms with Crippen LogP contribution in [0, 0.1) is 11.7 Å². The summed E-state index contributed by atoms with van der Waals surface area (Å²) in [4.78, 5) is 14.1. The normalized spacial score (nSPS) is 27.1. The fraction of sp³-hybridized carbons (Fsp3) is 0.500. The summed E-state index contributed by atoms with van der Waals surface area (Å²) in [6, 6.07) is 6.53. The molecule has 1 aromatic carbocycles. The maximum Gasteiger partial charge on any atom is 0.253 e. The van der Waals surface area contributed by atoms with Crippen LogP contribution in [0.5, 0.6) is 0 Å². The number of hydrogen-bond donors (Lipinski definition) is 1. The lowest BCUT2D eigenvalue weighted by Crippen LogP contribution is -2.46. The van der Waals surface area contributed by atoms with Crippen molar-refractivity contribution in [2.45, 2.75) is 18.9 Å². The highest BCUT2D eigenvalue weighted by atomic mass is 19.1. The van der Waals surface area contributed by atoms with Gasteiger partial charge in [-0.25, -0.2) is 4.39 Å². The van der Waals surface area contributed by atoms with Crippen molar-refractivity contribution in [2.75, 3.05) is 19.6 Å². The average molecular weight is 248 g/mol. The van der Waals surface area contributed by atoms with Crippen LogP contribution in [0.25, 0.3) is 0 Å². The van der Waals surface area contributed by atoms with Crippen molar-refractivity contribution < 1.29 is 9.18 Å². The summed E-state index contributed by atoms with van der Waals surface area (Å²) in [5.41, 5.74) is 0.458. The van der Waals surface area contributed by atoms with Crippen molar-refractivity contribution in [2.24, 2.45) is 5.92 Å². The molecule has 3 rings (SSSR count). The third-order valence-electron chi connectivity index (χ3n) is 4.01. The van der Waals surface area contributed by atoms with E-state index in [1.807, 2.05) is 4.90 Å². The van der Waals surface area contributed by atoms with Crippen LogP contribution in [0.1, 0.15) is 23.2 Å². The van der Waals surface area contributed by atoms with Gasteiger partial charge in [0.25, 0.3) is 5.91 Å². The predicted octanol–water partition coefficient (Wildman–Crippen LogP) is 1.65. The molecule has 2 aliphatic rings. The molecule has 1 N–H and O–H groups in total. The molecule has 18 heavy (non-hydrogen) atoms. The Hall–Kier alpha value is -1.42. The molecular weight excluding hydrogens is 231 g/mol. The SMILES string of the molecule is O=C(c1cccc(F)c1)N1CCC2NCCC2C1. The van der Waals surface area contributed by atoms with E-state index < -0.39 is 0 Å². The molecule has 2 aliphatic heterocycles. The molecule has 2 atom stereocenters. The molecule has 1 aromatic rings. The smallest absolute Gasteiger partial charge is 0.253 e. The van der Waals surface area contributed by atoms with Crippen LogP contribution in [-0.2, 0) is 0 Å². The molecule has 0 saturated carbocycles. The van der Waals surface area contributed by atoms with E-state index in [4.69, 9.17) is 0 Å². The quantitative estimate of drug-likeness (QED) is 0.819. The highest BCUT2D eigenvalue weighted by Crippen LogP contribution is 2.25. The van der Waals surface area contributed by atoms with Crippen molar-refractivity contribution in [3.8, 4) is 0 Å². The zero-order chi connectivity index (χ0) is 12.5. The summed E-state index contributed by atoms with van der Waals surface area (Å²) in [5.74, 6) is 0.175. The van der Waals surface area contributed by atoms with E-state index in [0.717, 1.165) is 32.5 Å². The van der Waals surface area contributed by atoms with Gasteiger partial charge in [0.1, 0.15) is 5.82 Å². The van der Waals surface area contributed by atoms with E-state index in [1.54, 1.807) is 12.1 Å². The maximum absolute atomic E-state index is 13.1. The van der Waals surface area contributed by atoms with Crippen LogP contribution in [0.2, 0.25) is 0 Å². The number of hydrogen-bond acceptors (Lipinski definition) is 2. The molecule has 0 aliphatic carbocycles. The Kier molecular flexibility index (Phi) is 3.04. The third-order valence-corrected chi connectivity index (χ3v) is 4.01. The highest BCUT2D eigenvalue weighted by molar-refractivity contribution is 5.94. The van der Waals surface area contributed by atoms with Crippen molar-refractivity contribution in [3.05, 3.63) is 35.6 Å². The Morgan fingerprint density at radius 3 is 3.11 bits per heavy atom. The summed E-state index contributed by atoms with van der Waals surface area (Å²) < 4.78 is 13.1. The van der Waals surface area contributed by atoms with Gasteiger partial charge in [0, 0.05) is 24.7 Å². The summed E-state index contributed by atoms with van der Waals surface area (Å²) >= 11 is 0. The van der Waals surface area contributed by atoms with Crippen molar-refractivity contribution in [3.63, 3.8) is 0 Å². The van der Waals surface area contributed by atoms with Crippen LogP contribution in [0.4, 0.5) is 4.39 Å². The van der Waals surface area contributed by atoms with Gasteiger partial charge in [-0.05, 0) is 43.5 Å². The Balaban J connectivity index is 1.73. The predicted molar refractivity (Wildman–Crippen MR) is 66.8 cm³/mol. The molecule has 96 valence electrons. The molecule has 4 heteroatoms. The van der Waals surface area contributed by atoms with Crippen LogP contribution in [0.3, 0.4) is 0 Å². The largest absolute Gasteiger partial charge is 0.338 e. The second kappa shape index (κ2) is 4.69. The first kappa shape index (κ1) is 11.7. The van der Waals surface area contributed by atoms with E-state index >= 15 is 0 Å². The number of rotatable bonds is 1. The fourth-order valence-electron chi connectivity index (χ4n) is 3.04. The topological polar surface area (TPSA) is 32.3 Å². The van der Waals surface area contributed by atoms with Crippen LogP contribution in [-0.4, -0.2) is 36.5 Å². The molecule has 0 bridgehead atoms. The van der Waals surface area contributed by atoms with E-state index in [2.05, 4.69) is 5.32 Å². The van der Waals surface area contributed by atoms with Crippen molar-refractivity contribution in [1.82, 2.24) is 10.2 Å². The number of benzene rings is 1. The Morgan fingerprint density at radius 2 is 2.28 bits per heavy atom. The maximum atomic E-state index is 13.1. The number of halogens is 1. The minimum absolute atomic E-state index is 0.0418. The molecule has 3 nitrogen and oxygen atoms in total. The van der Waals surface area contributed by atoms with Gasteiger partial charge in [-0.15, -0.1) is 0 Å². The van der Waals surface area contributed by atoms with E-state index in [1.165, 1.54) is 12.1 Å². The van der Waals surface area contributed by atoms with Gasteiger partial charge in [0.15, 0.2) is 0 Å². The second-order valence-corrected chi connectivity index (χ2v) is 5.16. The van der Waals surface area contributed by atoms with E-state index in [9.17, 15) is 9.18 Å². The lowest BCUT2D eigenvalue weighted by Gasteiger charge is -2.34. The van der Waals surface area contributed by atoms with Gasteiger partial charge in [-0.2, -0.15) is 0 Å². The van der Waals surface area contributed by atoms with Crippen molar-refractivity contribution >= 4 is 5.91 Å². The summed E-state index contributed by atoms with van der Waals surface area (Å²) in [7, 11) is 0. The van der Waals surface area contributed by atoms with Crippen LogP contribution in [0.15, 0.2) is 24.3 Å². The summed E-state index contributed by atoms with van der Waals surface area (Å²) in [6.07, 6.45) is 2.14. The lowest BCUT2D eigenvalue weighted by molar-refractivity contribution is 0.0661. The molecular formula is C14H17FN2O.